The molecule has 0 atom stereocenters. The van der Waals surface area contributed by atoms with Crippen LogP contribution < -0.4 is 4.90 Å². The number of hydrogen-bond donors (Lipinski definition) is 1. The lowest BCUT2D eigenvalue weighted by Crippen LogP contribution is -2.50. The van der Waals surface area contributed by atoms with Crippen molar-refractivity contribution in [3.8, 4) is 11.1 Å². The lowest BCUT2D eigenvalue weighted by atomic mass is 10.1. The zero-order valence-corrected chi connectivity index (χ0v) is 14.3. The Balaban J connectivity index is 1.64. The molecule has 1 aromatic heterocycles. The molecule has 0 unspecified atom stereocenters. The van der Waals surface area contributed by atoms with Crippen molar-refractivity contribution in [2.24, 2.45) is 0 Å². The van der Waals surface area contributed by atoms with Crippen LogP contribution in [0.4, 0.5) is 5.95 Å². The van der Waals surface area contributed by atoms with Gasteiger partial charge in [-0.15, -0.1) is 0 Å². The number of nitrogens with zero attached hydrogens (tertiary/aromatic N) is 4. The van der Waals surface area contributed by atoms with Gasteiger partial charge in [-0.2, -0.15) is 0 Å². The Morgan fingerprint density at radius 1 is 1.16 bits per heavy atom. The van der Waals surface area contributed by atoms with Crippen molar-refractivity contribution in [2.45, 2.75) is 6.61 Å². The molecule has 7 nitrogen and oxygen atoms in total. The van der Waals surface area contributed by atoms with Gasteiger partial charge in [0.2, 0.25) is 11.9 Å². The van der Waals surface area contributed by atoms with E-state index in [9.17, 15) is 9.90 Å². The van der Waals surface area contributed by atoms with Gasteiger partial charge < -0.3 is 19.6 Å². The summed E-state index contributed by atoms with van der Waals surface area (Å²) in [7, 11) is 1.53. The highest BCUT2D eigenvalue weighted by atomic mass is 16.5. The van der Waals surface area contributed by atoms with Gasteiger partial charge in [0.25, 0.3) is 0 Å². The Kier molecular flexibility index (Phi) is 5.57. The fourth-order valence-electron chi connectivity index (χ4n) is 2.85. The monoisotopic (exact) mass is 342 g/mol. The number of methoxy groups -OCH3 is 1. The summed E-state index contributed by atoms with van der Waals surface area (Å²) in [6, 6.07) is 7.68. The first-order chi connectivity index (χ1) is 12.2. The number of aliphatic hydroxyl groups is 1. The zero-order chi connectivity index (χ0) is 17.6. The zero-order valence-electron chi connectivity index (χ0n) is 14.3. The second kappa shape index (κ2) is 8.04. The van der Waals surface area contributed by atoms with E-state index >= 15 is 0 Å². The minimum absolute atomic E-state index is 0.0127. The molecule has 1 fully saturated rings. The number of amides is 1. The van der Waals surface area contributed by atoms with Crippen LogP contribution in [0.25, 0.3) is 11.1 Å². The Bertz CT molecular complexity index is 713. The summed E-state index contributed by atoms with van der Waals surface area (Å²) in [5, 5.41) is 9.24. The Morgan fingerprint density at radius 3 is 2.52 bits per heavy atom. The van der Waals surface area contributed by atoms with Crippen molar-refractivity contribution in [3.05, 3.63) is 42.2 Å². The van der Waals surface area contributed by atoms with E-state index in [2.05, 4.69) is 14.9 Å². The SMILES string of the molecule is COCC(=O)N1CCN(c2ncc(-c3cccc(CO)c3)cn2)CC1. The molecular weight excluding hydrogens is 320 g/mol. The van der Waals surface area contributed by atoms with Crippen molar-refractivity contribution in [2.75, 3.05) is 44.8 Å². The summed E-state index contributed by atoms with van der Waals surface area (Å²) in [6.45, 7) is 2.83. The van der Waals surface area contributed by atoms with Gasteiger partial charge in [-0.25, -0.2) is 9.97 Å². The maximum atomic E-state index is 11.8. The molecule has 132 valence electrons. The van der Waals surface area contributed by atoms with E-state index in [1.54, 1.807) is 17.3 Å². The smallest absolute Gasteiger partial charge is 0.248 e. The molecule has 0 spiro atoms. The molecule has 0 radical (unpaired) electrons. The number of benzene rings is 1. The summed E-state index contributed by atoms with van der Waals surface area (Å²) < 4.78 is 4.89. The highest BCUT2D eigenvalue weighted by molar-refractivity contribution is 5.77. The van der Waals surface area contributed by atoms with Gasteiger partial charge in [0, 0.05) is 51.2 Å². The number of ether oxygens (including phenoxy) is 1. The number of piperazine rings is 1. The second-order valence-electron chi connectivity index (χ2n) is 5.93. The molecule has 2 heterocycles. The number of carbonyl (C=O) groups is 1. The average molecular weight is 342 g/mol. The van der Waals surface area contributed by atoms with E-state index < -0.39 is 0 Å². The molecule has 3 rings (SSSR count). The Hall–Kier alpha value is -2.51. The number of aromatic nitrogens is 2. The van der Waals surface area contributed by atoms with Crippen LogP contribution in [0.2, 0.25) is 0 Å². The van der Waals surface area contributed by atoms with Gasteiger partial charge in [0.1, 0.15) is 6.61 Å². The van der Waals surface area contributed by atoms with E-state index in [1.165, 1.54) is 7.11 Å². The van der Waals surface area contributed by atoms with Crippen molar-refractivity contribution in [1.82, 2.24) is 14.9 Å². The highest BCUT2D eigenvalue weighted by Crippen LogP contribution is 2.21. The standard InChI is InChI=1S/C18H22N4O3/c1-25-13-17(24)21-5-7-22(8-6-21)18-19-10-16(11-20-18)15-4-2-3-14(9-15)12-23/h2-4,9-11,23H,5-8,12-13H2,1H3. The Morgan fingerprint density at radius 2 is 1.88 bits per heavy atom. The fourth-order valence-corrected chi connectivity index (χ4v) is 2.85. The highest BCUT2D eigenvalue weighted by Gasteiger charge is 2.22. The van der Waals surface area contributed by atoms with Gasteiger partial charge in [-0.1, -0.05) is 18.2 Å². The minimum Gasteiger partial charge on any atom is -0.392 e. The van der Waals surface area contributed by atoms with Crippen molar-refractivity contribution in [1.29, 1.82) is 0 Å². The molecule has 0 saturated carbocycles. The lowest BCUT2D eigenvalue weighted by molar-refractivity contribution is -0.135. The van der Waals surface area contributed by atoms with Crippen molar-refractivity contribution >= 4 is 11.9 Å². The number of aliphatic hydroxyl groups excluding tert-OH is 1. The maximum Gasteiger partial charge on any atom is 0.248 e. The topological polar surface area (TPSA) is 78.8 Å². The molecule has 1 amide bonds. The van der Waals surface area contributed by atoms with Crippen LogP contribution in [-0.4, -0.2) is 65.8 Å². The molecule has 7 heteroatoms. The molecule has 1 saturated heterocycles. The molecule has 0 bridgehead atoms. The molecule has 1 aromatic carbocycles. The normalized spacial score (nSPS) is 14.6. The van der Waals surface area contributed by atoms with Crippen LogP contribution in [0.3, 0.4) is 0 Å². The molecular formula is C18H22N4O3. The largest absolute Gasteiger partial charge is 0.392 e. The predicted octanol–water partition coefficient (Wildman–Crippen LogP) is 0.931. The van der Waals surface area contributed by atoms with E-state index in [0.717, 1.165) is 16.7 Å². The van der Waals surface area contributed by atoms with Crippen molar-refractivity contribution < 1.29 is 14.6 Å². The number of hydrogen-bond acceptors (Lipinski definition) is 6. The quantitative estimate of drug-likeness (QED) is 0.871. The summed E-state index contributed by atoms with van der Waals surface area (Å²) in [5.74, 6) is 0.683. The fraction of sp³-hybridized carbons (Fsp3) is 0.389. The Labute approximate surface area is 146 Å². The molecule has 25 heavy (non-hydrogen) atoms. The first kappa shape index (κ1) is 17.3. The molecule has 0 aliphatic carbocycles. The van der Waals surface area contributed by atoms with E-state index in [-0.39, 0.29) is 19.1 Å². The van der Waals surface area contributed by atoms with Gasteiger partial charge in [-0.3, -0.25) is 4.79 Å². The summed E-state index contributed by atoms with van der Waals surface area (Å²) >= 11 is 0. The molecule has 2 aromatic rings. The third-order valence-electron chi connectivity index (χ3n) is 4.26. The first-order valence-electron chi connectivity index (χ1n) is 8.25. The molecule has 1 aliphatic rings. The first-order valence-corrected chi connectivity index (χ1v) is 8.25. The van der Waals surface area contributed by atoms with Crippen molar-refractivity contribution in [3.63, 3.8) is 0 Å². The van der Waals surface area contributed by atoms with Gasteiger partial charge >= 0.3 is 0 Å². The van der Waals surface area contributed by atoms with Crippen LogP contribution in [-0.2, 0) is 16.1 Å². The number of anilines is 1. The second-order valence-corrected chi connectivity index (χ2v) is 5.93. The van der Waals surface area contributed by atoms with Gasteiger partial charge in [0.05, 0.1) is 6.61 Å². The summed E-state index contributed by atoms with van der Waals surface area (Å²) in [5.41, 5.74) is 2.75. The predicted molar refractivity (Wildman–Crippen MR) is 94.1 cm³/mol. The van der Waals surface area contributed by atoms with Crippen LogP contribution >= 0.6 is 0 Å². The van der Waals surface area contributed by atoms with E-state index in [4.69, 9.17) is 4.74 Å². The average Bonchev–Trinajstić information content (AvgIpc) is 2.68. The van der Waals surface area contributed by atoms with Gasteiger partial charge in [-0.05, 0) is 17.2 Å². The van der Waals surface area contributed by atoms with Crippen LogP contribution in [0, 0.1) is 0 Å². The number of rotatable bonds is 5. The molecule has 1 aliphatic heterocycles. The summed E-state index contributed by atoms with van der Waals surface area (Å²) in [4.78, 5) is 24.6. The van der Waals surface area contributed by atoms with Gasteiger partial charge in [0.15, 0.2) is 0 Å². The maximum absolute atomic E-state index is 11.8. The number of carbonyl (C=O) groups excluding carboxylic acids is 1. The summed E-state index contributed by atoms with van der Waals surface area (Å²) in [6.07, 6.45) is 3.59. The van der Waals surface area contributed by atoms with E-state index in [0.29, 0.717) is 32.1 Å². The minimum atomic E-state index is 0.0127. The van der Waals surface area contributed by atoms with Crippen LogP contribution in [0.1, 0.15) is 5.56 Å². The lowest BCUT2D eigenvalue weighted by Gasteiger charge is -2.34. The third-order valence-corrected chi connectivity index (χ3v) is 4.26. The van der Waals surface area contributed by atoms with Crippen LogP contribution in [0.5, 0.6) is 0 Å². The van der Waals surface area contributed by atoms with E-state index in [1.807, 2.05) is 24.3 Å². The third kappa shape index (κ3) is 4.12. The molecule has 1 N–H and O–H groups in total. The van der Waals surface area contributed by atoms with Crippen LogP contribution in [0.15, 0.2) is 36.7 Å².